The molecule has 0 aliphatic carbocycles. The van der Waals surface area contributed by atoms with Crippen molar-refractivity contribution < 1.29 is 9.53 Å². The fraction of sp³-hybridized carbons (Fsp3) is 0.143. The van der Waals surface area contributed by atoms with Crippen LogP contribution in [-0.4, -0.2) is 17.6 Å². The Hall–Kier alpha value is -1.87. The number of aromatic nitrogens is 1. The van der Waals surface area contributed by atoms with E-state index in [0.717, 1.165) is 16.3 Å². The summed E-state index contributed by atoms with van der Waals surface area (Å²) in [6, 6.07) is 7.65. The van der Waals surface area contributed by atoms with Crippen molar-refractivity contribution in [3.63, 3.8) is 0 Å². The Bertz CT molecular complexity index is 608. The zero-order chi connectivity index (χ0) is 13.0. The van der Waals surface area contributed by atoms with Crippen LogP contribution in [0.2, 0.25) is 5.15 Å². The molecule has 0 saturated heterocycles. The average Bonchev–Trinajstić information content (AvgIpc) is 2.39. The second-order valence-electron chi connectivity index (χ2n) is 3.64. The number of nitrogens with zero attached hydrogens (tertiary/aromatic N) is 1. The van der Waals surface area contributed by atoms with Crippen molar-refractivity contribution in [1.82, 2.24) is 4.98 Å². The average molecular weight is 262 g/mol. The highest BCUT2D eigenvalue weighted by Gasteiger charge is 2.03. The molecule has 0 spiro atoms. The van der Waals surface area contributed by atoms with Crippen LogP contribution < -0.4 is 0 Å². The summed E-state index contributed by atoms with van der Waals surface area (Å²) in [6.45, 7) is 2.13. The molecule has 0 fully saturated rings. The first kappa shape index (κ1) is 12.6. The van der Waals surface area contributed by atoms with Gasteiger partial charge in [0.05, 0.1) is 6.61 Å². The molecule has 0 N–H and O–H groups in total. The molecule has 1 aromatic carbocycles. The van der Waals surface area contributed by atoms with Gasteiger partial charge in [-0.3, -0.25) is 0 Å². The monoisotopic (exact) mass is 261 g/mol. The highest BCUT2D eigenvalue weighted by molar-refractivity contribution is 6.34. The fourth-order valence-electron chi connectivity index (χ4n) is 1.66. The van der Waals surface area contributed by atoms with Crippen LogP contribution in [-0.2, 0) is 9.53 Å². The Morgan fingerprint density at radius 2 is 2.11 bits per heavy atom. The first-order valence-corrected chi connectivity index (χ1v) is 5.98. The maximum Gasteiger partial charge on any atom is 0.330 e. The maximum absolute atomic E-state index is 11.3. The van der Waals surface area contributed by atoms with Crippen molar-refractivity contribution in [3.8, 4) is 0 Å². The number of carbonyl (C=O) groups is 1. The van der Waals surface area contributed by atoms with E-state index < -0.39 is 0 Å². The van der Waals surface area contributed by atoms with Crippen molar-refractivity contribution in [2.75, 3.05) is 6.61 Å². The van der Waals surface area contributed by atoms with E-state index in [4.69, 9.17) is 16.3 Å². The molecule has 1 heterocycles. The molecule has 0 bridgehead atoms. The smallest absolute Gasteiger partial charge is 0.330 e. The highest BCUT2D eigenvalue weighted by Crippen LogP contribution is 2.24. The summed E-state index contributed by atoms with van der Waals surface area (Å²) in [5, 5.41) is 2.28. The summed E-state index contributed by atoms with van der Waals surface area (Å²) in [6.07, 6.45) is 4.71. The normalized spacial score (nSPS) is 11.0. The molecule has 0 atom stereocenters. The van der Waals surface area contributed by atoms with Gasteiger partial charge in [0.1, 0.15) is 5.15 Å². The predicted octanol–water partition coefficient (Wildman–Crippen LogP) is 3.46. The second kappa shape index (κ2) is 5.65. The van der Waals surface area contributed by atoms with Crippen molar-refractivity contribution >= 4 is 34.4 Å². The van der Waals surface area contributed by atoms with Gasteiger partial charge in [-0.05, 0) is 18.4 Å². The largest absolute Gasteiger partial charge is 0.463 e. The SMILES string of the molecule is CCOC(=O)C=Cc1cnc(Cl)c2ccccc12. The van der Waals surface area contributed by atoms with E-state index in [9.17, 15) is 4.79 Å². The van der Waals surface area contributed by atoms with E-state index in [2.05, 4.69) is 4.98 Å². The number of hydrogen-bond donors (Lipinski definition) is 0. The molecule has 3 nitrogen and oxygen atoms in total. The van der Waals surface area contributed by atoms with Gasteiger partial charge in [0.25, 0.3) is 0 Å². The van der Waals surface area contributed by atoms with E-state index >= 15 is 0 Å². The number of esters is 1. The summed E-state index contributed by atoms with van der Waals surface area (Å²) < 4.78 is 4.83. The summed E-state index contributed by atoms with van der Waals surface area (Å²) >= 11 is 6.01. The molecule has 0 unspecified atom stereocenters. The number of halogens is 1. The number of hydrogen-bond acceptors (Lipinski definition) is 3. The van der Waals surface area contributed by atoms with Crippen molar-refractivity contribution in [1.29, 1.82) is 0 Å². The lowest BCUT2D eigenvalue weighted by Crippen LogP contribution is -1.98. The molecule has 0 aliphatic rings. The number of pyridine rings is 1. The molecule has 4 heteroatoms. The lowest BCUT2D eigenvalue weighted by Gasteiger charge is -2.03. The summed E-state index contributed by atoms with van der Waals surface area (Å²) in [4.78, 5) is 15.4. The summed E-state index contributed by atoms with van der Waals surface area (Å²) in [5.74, 6) is -0.364. The highest BCUT2D eigenvalue weighted by atomic mass is 35.5. The van der Waals surface area contributed by atoms with Gasteiger partial charge in [-0.25, -0.2) is 9.78 Å². The topological polar surface area (TPSA) is 39.2 Å². The molecule has 0 radical (unpaired) electrons. The van der Waals surface area contributed by atoms with Crippen molar-refractivity contribution in [2.45, 2.75) is 6.92 Å². The van der Waals surface area contributed by atoms with Gasteiger partial charge in [0, 0.05) is 23.2 Å². The third kappa shape index (κ3) is 2.68. The number of benzene rings is 1. The van der Waals surface area contributed by atoms with Gasteiger partial charge >= 0.3 is 5.97 Å². The Morgan fingerprint density at radius 1 is 1.39 bits per heavy atom. The van der Waals surface area contributed by atoms with Crippen LogP contribution in [0.5, 0.6) is 0 Å². The van der Waals surface area contributed by atoms with Crippen LogP contribution in [0.15, 0.2) is 36.5 Å². The van der Waals surface area contributed by atoms with E-state index in [1.165, 1.54) is 6.08 Å². The van der Waals surface area contributed by atoms with Crippen molar-refractivity contribution in [2.24, 2.45) is 0 Å². The molecular formula is C14H12ClNO2. The first-order valence-electron chi connectivity index (χ1n) is 5.60. The Balaban J connectivity index is 2.40. The van der Waals surface area contributed by atoms with Crippen molar-refractivity contribution in [3.05, 3.63) is 47.3 Å². The van der Waals surface area contributed by atoms with E-state index in [1.807, 2.05) is 24.3 Å². The van der Waals surface area contributed by atoms with Crippen LogP contribution in [0.25, 0.3) is 16.8 Å². The Morgan fingerprint density at radius 3 is 2.83 bits per heavy atom. The second-order valence-corrected chi connectivity index (χ2v) is 3.99. The molecular weight excluding hydrogens is 250 g/mol. The molecule has 0 saturated carbocycles. The molecule has 2 aromatic rings. The molecule has 92 valence electrons. The van der Waals surface area contributed by atoms with Gasteiger partial charge in [-0.2, -0.15) is 0 Å². The first-order chi connectivity index (χ1) is 8.72. The Kier molecular flexibility index (Phi) is 3.95. The van der Waals surface area contributed by atoms with Gasteiger partial charge < -0.3 is 4.74 Å². The lowest BCUT2D eigenvalue weighted by molar-refractivity contribution is -0.137. The van der Waals surface area contributed by atoms with Crippen LogP contribution in [0.3, 0.4) is 0 Å². The summed E-state index contributed by atoms with van der Waals surface area (Å²) in [7, 11) is 0. The van der Waals surface area contributed by atoms with E-state index in [-0.39, 0.29) is 5.97 Å². The van der Waals surface area contributed by atoms with Gasteiger partial charge in [0.2, 0.25) is 0 Å². The minimum Gasteiger partial charge on any atom is -0.463 e. The van der Waals surface area contributed by atoms with Crippen LogP contribution in [0.4, 0.5) is 0 Å². The lowest BCUT2D eigenvalue weighted by atomic mass is 10.1. The minimum absolute atomic E-state index is 0.364. The standard InChI is InChI=1S/C14H12ClNO2/c1-2-18-13(17)8-7-10-9-16-14(15)12-6-4-3-5-11(10)12/h3-9H,2H2,1H3. The summed E-state index contributed by atoms with van der Waals surface area (Å²) in [5.41, 5.74) is 0.836. The quantitative estimate of drug-likeness (QED) is 0.482. The zero-order valence-electron chi connectivity index (χ0n) is 9.89. The van der Waals surface area contributed by atoms with Gasteiger partial charge in [-0.1, -0.05) is 35.9 Å². The van der Waals surface area contributed by atoms with Crippen LogP contribution >= 0.6 is 11.6 Å². The van der Waals surface area contributed by atoms with Gasteiger partial charge in [0.15, 0.2) is 0 Å². The molecule has 0 amide bonds. The zero-order valence-corrected chi connectivity index (χ0v) is 10.6. The van der Waals surface area contributed by atoms with Gasteiger partial charge in [-0.15, -0.1) is 0 Å². The van der Waals surface area contributed by atoms with Crippen LogP contribution in [0.1, 0.15) is 12.5 Å². The molecule has 18 heavy (non-hydrogen) atoms. The minimum atomic E-state index is -0.364. The fourth-order valence-corrected chi connectivity index (χ4v) is 1.87. The third-order valence-corrected chi connectivity index (χ3v) is 2.76. The van der Waals surface area contributed by atoms with E-state index in [1.54, 1.807) is 19.2 Å². The maximum atomic E-state index is 11.3. The number of fused-ring (bicyclic) bond motifs is 1. The number of rotatable bonds is 3. The predicted molar refractivity (Wildman–Crippen MR) is 72.4 cm³/mol. The number of ether oxygens (including phenoxy) is 1. The third-order valence-electron chi connectivity index (χ3n) is 2.46. The Labute approximate surface area is 110 Å². The number of carbonyl (C=O) groups excluding carboxylic acids is 1. The van der Waals surface area contributed by atoms with Crippen LogP contribution in [0, 0.1) is 0 Å². The van der Waals surface area contributed by atoms with E-state index in [0.29, 0.717) is 11.8 Å². The molecule has 0 aliphatic heterocycles. The molecule has 1 aromatic heterocycles. The molecule has 2 rings (SSSR count).